The van der Waals surface area contributed by atoms with Gasteiger partial charge in [0.25, 0.3) is 5.69 Å². The lowest BCUT2D eigenvalue weighted by molar-refractivity contribution is -0.385. The fourth-order valence-electron chi connectivity index (χ4n) is 2.50. The third kappa shape index (κ3) is 2.62. The summed E-state index contributed by atoms with van der Waals surface area (Å²) < 4.78 is 1.99. The fraction of sp³-hybridized carbons (Fsp3) is 0.125. The highest BCUT2D eigenvalue weighted by molar-refractivity contribution is 6.30. The minimum absolute atomic E-state index is 0.0911. The molecule has 0 aliphatic heterocycles. The number of benzene rings is 2. The highest BCUT2D eigenvalue weighted by atomic mass is 35.5. The van der Waals surface area contributed by atoms with E-state index in [9.17, 15) is 10.1 Å². The minimum atomic E-state index is -0.374. The van der Waals surface area contributed by atoms with Crippen LogP contribution in [0.2, 0.25) is 5.02 Å². The van der Waals surface area contributed by atoms with E-state index >= 15 is 0 Å². The van der Waals surface area contributed by atoms with Gasteiger partial charge < -0.3 is 4.57 Å². The molecule has 0 aliphatic carbocycles. The summed E-state index contributed by atoms with van der Waals surface area (Å²) >= 11 is 5.97. The van der Waals surface area contributed by atoms with E-state index in [0.717, 1.165) is 10.9 Å². The van der Waals surface area contributed by atoms with E-state index in [1.807, 2.05) is 35.9 Å². The smallest absolute Gasteiger partial charge is 0.274 e. The summed E-state index contributed by atoms with van der Waals surface area (Å²) in [6, 6.07) is 12.8. The molecule has 3 aromatic rings. The van der Waals surface area contributed by atoms with E-state index in [4.69, 9.17) is 11.6 Å². The molecule has 0 amide bonds. The van der Waals surface area contributed by atoms with Gasteiger partial charge in [-0.25, -0.2) is 0 Å². The Morgan fingerprint density at radius 2 is 2.00 bits per heavy atom. The first-order chi connectivity index (χ1) is 10.0. The average molecular weight is 301 g/mol. The molecule has 1 heterocycles. The molecular weight excluding hydrogens is 288 g/mol. The van der Waals surface area contributed by atoms with E-state index in [1.54, 1.807) is 12.1 Å². The Kier molecular flexibility index (Phi) is 3.39. The Bertz CT molecular complexity index is 839. The van der Waals surface area contributed by atoms with Gasteiger partial charge in [-0.2, -0.15) is 0 Å². The van der Waals surface area contributed by atoms with Crippen LogP contribution in [0.5, 0.6) is 0 Å². The SMILES string of the molecule is Cc1ccc2c(ccn2Cc2cc(Cl)ccc2[N+](=O)[O-])c1. The van der Waals surface area contributed by atoms with Crippen molar-refractivity contribution < 1.29 is 4.92 Å². The second-order valence-electron chi connectivity index (χ2n) is 5.04. The minimum Gasteiger partial charge on any atom is -0.343 e. The van der Waals surface area contributed by atoms with Gasteiger partial charge in [-0.1, -0.05) is 23.2 Å². The van der Waals surface area contributed by atoms with Crippen molar-refractivity contribution in [1.82, 2.24) is 4.57 Å². The van der Waals surface area contributed by atoms with Gasteiger partial charge in [-0.05, 0) is 42.6 Å². The van der Waals surface area contributed by atoms with Crippen LogP contribution in [0, 0.1) is 17.0 Å². The molecule has 0 N–H and O–H groups in total. The van der Waals surface area contributed by atoms with Gasteiger partial charge in [-0.3, -0.25) is 10.1 Å². The average Bonchev–Trinajstić information content (AvgIpc) is 2.81. The van der Waals surface area contributed by atoms with E-state index in [0.29, 0.717) is 17.1 Å². The number of hydrogen-bond acceptors (Lipinski definition) is 2. The van der Waals surface area contributed by atoms with Gasteiger partial charge in [0, 0.05) is 22.8 Å². The topological polar surface area (TPSA) is 48.1 Å². The molecule has 0 radical (unpaired) electrons. The van der Waals surface area contributed by atoms with Crippen LogP contribution in [0.3, 0.4) is 0 Å². The number of fused-ring (bicyclic) bond motifs is 1. The highest BCUT2D eigenvalue weighted by Crippen LogP contribution is 2.25. The molecule has 2 aromatic carbocycles. The molecule has 0 aliphatic rings. The first-order valence-electron chi connectivity index (χ1n) is 6.53. The predicted octanol–water partition coefficient (Wildman–Crippen LogP) is 4.56. The molecule has 1 aromatic heterocycles. The molecule has 3 rings (SSSR count). The van der Waals surface area contributed by atoms with Crippen LogP contribution in [0.15, 0.2) is 48.7 Å². The second-order valence-corrected chi connectivity index (χ2v) is 5.47. The van der Waals surface area contributed by atoms with Gasteiger partial charge >= 0.3 is 0 Å². The first kappa shape index (κ1) is 13.6. The molecule has 0 saturated carbocycles. The van der Waals surface area contributed by atoms with Crippen molar-refractivity contribution in [2.75, 3.05) is 0 Å². The van der Waals surface area contributed by atoms with Gasteiger partial charge in [0.2, 0.25) is 0 Å². The van der Waals surface area contributed by atoms with Crippen LogP contribution < -0.4 is 0 Å². The van der Waals surface area contributed by atoms with Gasteiger partial charge in [0.05, 0.1) is 17.0 Å². The zero-order chi connectivity index (χ0) is 15.0. The van der Waals surface area contributed by atoms with Crippen molar-refractivity contribution in [3.63, 3.8) is 0 Å². The summed E-state index contributed by atoms with van der Waals surface area (Å²) in [5.41, 5.74) is 2.93. The van der Waals surface area contributed by atoms with Crippen molar-refractivity contribution in [1.29, 1.82) is 0 Å². The zero-order valence-electron chi connectivity index (χ0n) is 11.4. The van der Waals surface area contributed by atoms with Crippen LogP contribution in [-0.2, 0) is 6.54 Å². The normalized spacial score (nSPS) is 11.0. The molecule has 4 nitrogen and oxygen atoms in total. The standard InChI is InChI=1S/C16H13ClN2O2/c1-11-2-4-15-12(8-11)6-7-18(15)10-13-9-14(17)3-5-16(13)19(20)21/h2-9H,10H2,1H3. The maximum atomic E-state index is 11.1. The molecule has 21 heavy (non-hydrogen) atoms. The maximum absolute atomic E-state index is 11.1. The lowest BCUT2D eigenvalue weighted by atomic mass is 10.1. The Hall–Kier alpha value is -2.33. The predicted molar refractivity (Wildman–Crippen MR) is 83.9 cm³/mol. The van der Waals surface area contributed by atoms with Crippen molar-refractivity contribution in [2.24, 2.45) is 0 Å². The number of nitrogens with zero attached hydrogens (tertiary/aromatic N) is 2. The second kappa shape index (κ2) is 5.22. The Labute approximate surface area is 126 Å². The molecule has 5 heteroatoms. The summed E-state index contributed by atoms with van der Waals surface area (Å²) in [6.07, 6.45) is 1.94. The molecule has 0 spiro atoms. The Balaban J connectivity index is 2.06. The lowest BCUT2D eigenvalue weighted by Gasteiger charge is -2.07. The van der Waals surface area contributed by atoms with Crippen LogP contribution in [0.4, 0.5) is 5.69 Å². The van der Waals surface area contributed by atoms with Crippen molar-refractivity contribution >= 4 is 28.2 Å². The van der Waals surface area contributed by atoms with Crippen molar-refractivity contribution in [3.8, 4) is 0 Å². The van der Waals surface area contributed by atoms with E-state index in [2.05, 4.69) is 6.07 Å². The summed E-state index contributed by atoms with van der Waals surface area (Å²) in [5.74, 6) is 0. The molecular formula is C16H13ClN2O2. The van der Waals surface area contributed by atoms with Crippen LogP contribution in [-0.4, -0.2) is 9.49 Å². The maximum Gasteiger partial charge on any atom is 0.274 e. The van der Waals surface area contributed by atoms with Gasteiger partial charge in [-0.15, -0.1) is 0 Å². The van der Waals surface area contributed by atoms with E-state index in [1.165, 1.54) is 11.6 Å². The van der Waals surface area contributed by atoms with Crippen molar-refractivity contribution in [3.05, 3.63) is 74.9 Å². The molecule has 106 valence electrons. The molecule has 0 atom stereocenters. The Morgan fingerprint density at radius 3 is 2.76 bits per heavy atom. The Morgan fingerprint density at radius 1 is 1.19 bits per heavy atom. The number of rotatable bonds is 3. The summed E-state index contributed by atoms with van der Waals surface area (Å²) in [6.45, 7) is 2.46. The largest absolute Gasteiger partial charge is 0.343 e. The molecule has 0 saturated heterocycles. The van der Waals surface area contributed by atoms with Gasteiger partial charge in [0.15, 0.2) is 0 Å². The third-order valence-electron chi connectivity index (χ3n) is 3.51. The summed E-state index contributed by atoms with van der Waals surface area (Å²) in [5, 5.41) is 12.8. The fourth-order valence-corrected chi connectivity index (χ4v) is 2.69. The van der Waals surface area contributed by atoms with Crippen LogP contribution in [0.1, 0.15) is 11.1 Å². The van der Waals surface area contributed by atoms with Crippen molar-refractivity contribution in [2.45, 2.75) is 13.5 Å². The number of aromatic nitrogens is 1. The highest BCUT2D eigenvalue weighted by Gasteiger charge is 2.15. The lowest BCUT2D eigenvalue weighted by Crippen LogP contribution is -2.02. The van der Waals surface area contributed by atoms with Gasteiger partial charge in [0.1, 0.15) is 0 Å². The monoisotopic (exact) mass is 300 g/mol. The number of aryl methyl sites for hydroxylation is 1. The zero-order valence-corrected chi connectivity index (χ0v) is 12.2. The molecule has 0 fully saturated rings. The number of halogens is 1. The molecule has 0 unspecified atom stereocenters. The number of hydrogen-bond donors (Lipinski definition) is 0. The summed E-state index contributed by atoms with van der Waals surface area (Å²) in [4.78, 5) is 10.7. The summed E-state index contributed by atoms with van der Waals surface area (Å²) in [7, 11) is 0. The first-order valence-corrected chi connectivity index (χ1v) is 6.91. The number of nitro benzene ring substituents is 1. The third-order valence-corrected chi connectivity index (χ3v) is 3.74. The molecule has 0 bridgehead atoms. The van der Waals surface area contributed by atoms with E-state index in [-0.39, 0.29) is 10.6 Å². The van der Waals surface area contributed by atoms with Crippen LogP contribution in [0.25, 0.3) is 10.9 Å². The van der Waals surface area contributed by atoms with E-state index < -0.39 is 0 Å². The quantitative estimate of drug-likeness (QED) is 0.526. The van der Waals surface area contributed by atoms with Crippen LogP contribution >= 0.6 is 11.6 Å². The number of nitro groups is 1.